The first kappa shape index (κ1) is 16.6. The van der Waals surface area contributed by atoms with Gasteiger partial charge in [-0.05, 0) is 52.3 Å². The van der Waals surface area contributed by atoms with Crippen LogP contribution in [0.4, 0.5) is 0 Å². The number of nitrogens with zero attached hydrogens (tertiary/aromatic N) is 2. The van der Waals surface area contributed by atoms with Crippen LogP contribution in [0.15, 0.2) is 30.5 Å². The highest BCUT2D eigenvalue weighted by atomic mass is 35.5. The normalized spacial score (nSPS) is 13.0. The van der Waals surface area contributed by atoms with Crippen LogP contribution < -0.4 is 5.32 Å². The van der Waals surface area contributed by atoms with Crippen LogP contribution in [0.3, 0.4) is 0 Å². The lowest BCUT2D eigenvalue weighted by atomic mass is 10.1. The summed E-state index contributed by atoms with van der Waals surface area (Å²) in [4.78, 5) is 12.5. The first-order valence-corrected chi connectivity index (χ1v) is 7.69. The molecular formula is C17H22ClN3O. The number of halogens is 1. The molecule has 1 heterocycles. The van der Waals surface area contributed by atoms with Crippen LogP contribution in [0.1, 0.15) is 55.4 Å². The third-order valence-corrected chi connectivity index (χ3v) is 3.82. The van der Waals surface area contributed by atoms with E-state index in [9.17, 15) is 4.79 Å². The second kappa shape index (κ2) is 6.13. The summed E-state index contributed by atoms with van der Waals surface area (Å²) >= 11 is 6.00. The quantitative estimate of drug-likeness (QED) is 0.926. The van der Waals surface area contributed by atoms with E-state index >= 15 is 0 Å². The van der Waals surface area contributed by atoms with Crippen LogP contribution in [-0.2, 0) is 5.54 Å². The van der Waals surface area contributed by atoms with Crippen molar-refractivity contribution in [3.8, 4) is 0 Å². The number of hydrogen-bond acceptors (Lipinski definition) is 2. The highest BCUT2D eigenvalue weighted by Crippen LogP contribution is 2.20. The number of nitrogens with one attached hydrogen (secondary N) is 1. The molecule has 1 aromatic heterocycles. The molecule has 4 nitrogen and oxygen atoms in total. The van der Waals surface area contributed by atoms with Gasteiger partial charge in [-0.1, -0.05) is 23.7 Å². The Bertz CT molecular complexity index is 685. The number of aromatic nitrogens is 2. The van der Waals surface area contributed by atoms with Crippen molar-refractivity contribution in [2.45, 2.75) is 46.2 Å². The molecule has 1 amide bonds. The molecule has 1 N–H and O–H groups in total. The molecule has 0 bridgehead atoms. The molecule has 22 heavy (non-hydrogen) atoms. The summed E-state index contributed by atoms with van der Waals surface area (Å²) in [6, 6.07) is 7.38. The van der Waals surface area contributed by atoms with E-state index < -0.39 is 0 Å². The number of hydrogen-bond donors (Lipinski definition) is 1. The van der Waals surface area contributed by atoms with Gasteiger partial charge in [0.05, 0.1) is 23.3 Å². The Kier molecular flexibility index (Phi) is 4.61. The van der Waals surface area contributed by atoms with Crippen molar-refractivity contribution < 1.29 is 4.79 Å². The lowest BCUT2D eigenvalue weighted by molar-refractivity contribution is 0.0939. The number of benzene rings is 1. The van der Waals surface area contributed by atoms with E-state index in [0.29, 0.717) is 10.6 Å². The van der Waals surface area contributed by atoms with E-state index in [4.69, 9.17) is 11.6 Å². The fraction of sp³-hybridized carbons (Fsp3) is 0.412. The maximum absolute atomic E-state index is 12.5. The Morgan fingerprint density at radius 3 is 2.59 bits per heavy atom. The van der Waals surface area contributed by atoms with Gasteiger partial charge in [0, 0.05) is 10.7 Å². The monoisotopic (exact) mass is 319 g/mol. The Hall–Kier alpha value is -1.81. The smallest absolute Gasteiger partial charge is 0.255 e. The van der Waals surface area contributed by atoms with Gasteiger partial charge in [0.1, 0.15) is 0 Å². The lowest BCUT2D eigenvalue weighted by Crippen LogP contribution is -2.28. The molecule has 2 rings (SSSR count). The molecule has 118 valence electrons. The van der Waals surface area contributed by atoms with Crippen LogP contribution in [-0.4, -0.2) is 15.7 Å². The zero-order valence-corrected chi connectivity index (χ0v) is 14.4. The summed E-state index contributed by atoms with van der Waals surface area (Å²) in [5, 5.41) is 7.99. The topological polar surface area (TPSA) is 46.9 Å². The van der Waals surface area contributed by atoms with E-state index in [1.807, 2.05) is 42.8 Å². The highest BCUT2D eigenvalue weighted by molar-refractivity contribution is 6.30. The van der Waals surface area contributed by atoms with Gasteiger partial charge in [0.2, 0.25) is 0 Å². The van der Waals surface area contributed by atoms with Gasteiger partial charge in [0.15, 0.2) is 0 Å². The largest absolute Gasteiger partial charge is 0.345 e. The van der Waals surface area contributed by atoms with Crippen molar-refractivity contribution in [2.24, 2.45) is 0 Å². The molecule has 2 aromatic rings. The molecule has 0 spiro atoms. The molecular weight excluding hydrogens is 298 g/mol. The van der Waals surface area contributed by atoms with Crippen LogP contribution >= 0.6 is 11.6 Å². The molecule has 1 atom stereocenters. The molecule has 0 aliphatic carbocycles. The van der Waals surface area contributed by atoms with Gasteiger partial charge in [-0.15, -0.1) is 0 Å². The molecule has 0 unspecified atom stereocenters. The van der Waals surface area contributed by atoms with Crippen LogP contribution in [0.25, 0.3) is 0 Å². The molecule has 0 fully saturated rings. The van der Waals surface area contributed by atoms with Gasteiger partial charge >= 0.3 is 0 Å². The Labute approximate surface area is 136 Å². The summed E-state index contributed by atoms with van der Waals surface area (Å²) < 4.78 is 1.87. The molecule has 0 radical (unpaired) electrons. The average molecular weight is 320 g/mol. The molecule has 0 saturated carbocycles. The fourth-order valence-electron chi connectivity index (χ4n) is 2.44. The maximum Gasteiger partial charge on any atom is 0.255 e. The van der Waals surface area contributed by atoms with Crippen molar-refractivity contribution in [3.63, 3.8) is 0 Å². The van der Waals surface area contributed by atoms with Gasteiger partial charge in [-0.3, -0.25) is 9.48 Å². The van der Waals surface area contributed by atoms with Crippen molar-refractivity contribution >= 4 is 17.5 Å². The Morgan fingerprint density at radius 1 is 1.36 bits per heavy atom. The van der Waals surface area contributed by atoms with Crippen molar-refractivity contribution in [1.29, 1.82) is 0 Å². The average Bonchev–Trinajstić information content (AvgIpc) is 2.80. The minimum atomic E-state index is -0.152. The van der Waals surface area contributed by atoms with E-state index in [1.54, 1.807) is 6.20 Å². The molecule has 1 aromatic carbocycles. The highest BCUT2D eigenvalue weighted by Gasteiger charge is 2.22. The number of amides is 1. The second-order valence-corrected chi connectivity index (χ2v) is 6.91. The van der Waals surface area contributed by atoms with Gasteiger partial charge in [-0.2, -0.15) is 5.10 Å². The molecule has 0 aliphatic rings. The van der Waals surface area contributed by atoms with Crippen LogP contribution in [0, 0.1) is 6.92 Å². The van der Waals surface area contributed by atoms with Crippen molar-refractivity contribution in [2.75, 3.05) is 0 Å². The summed E-state index contributed by atoms with van der Waals surface area (Å²) in [5.74, 6) is -0.125. The zero-order chi connectivity index (χ0) is 16.5. The zero-order valence-electron chi connectivity index (χ0n) is 13.6. The van der Waals surface area contributed by atoms with E-state index in [-0.39, 0.29) is 17.5 Å². The fourth-order valence-corrected chi connectivity index (χ4v) is 2.64. The summed E-state index contributed by atoms with van der Waals surface area (Å²) in [6.07, 6.45) is 1.63. The predicted molar refractivity (Wildman–Crippen MR) is 89.3 cm³/mol. The van der Waals surface area contributed by atoms with E-state index in [2.05, 4.69) is 31.2 Å². The third kappa shape index (κ3) is 3.50. The standard InChI is InChI=1S/C17H22ClN3O/c1-11(13-7-6-8-14(18)9-13)20-16(22)15-10-19-21(12(15)2)17(3,4)5/h6-11H,1-5H3,(H,20,22)/t11-/m1/s1. The Balaban J connectivity index is 2.18. The number of carbonyl (C=O) groups is 1. The summed E-state index contributed by atoms with van der Waals surface area (Å²) in [7, 11) is 0. The van der Waals surface area contributed by atoms with Crippen LogP contribution in [0.5, 0.6) is 0 Å². The third-order valence-electron chi connectivity index (χ3n) is 3.59. The SMILES string of the molecule is Cc1c(C(=O)N[C@H](C)c2cccc(Cl)c2)cnn1C(C)(C)C. The second-order valence-electron chi connectivity index (χ2n) is 6.48. The molecule has 5 heteroatoms. The Morgan fingerprint density at radius 2 is 2.05 bits per heavy atom. The minimum Gasteiger partial charge on any atom is -0.345 e. The van der Waals surface area contributed by atoms with Gasteiger partial charge in [-0.25, -0.2) is 0 Å². The first-order valence-electron chi connectivity index (χ1n) is 7.31. The van der Waals surface area contributed by atoms with Crippen molar-refractivity contribution in [3.05, 3.63) is 52.3 Å². The van der Waals surface area contributed by atoms with E-state index in [1.165, 1.54) is 0 Å². The molecule has 0 aliphatic heterocycles. The number of carbonyl (C=O) groups excluding carboxylic acids is 1. The van der Waals surface area contributed by atoms with Crippen LogP contribution in [0.2, 0.25) is 5.02 Å². The maximum atomic E-state index is 12.5. The van der Waals surface area contributed by atoms with Gasteiger partial charge < -0.3 is 5.32 Å². The number of rotatable bonds is 3. The summed E-state index contributed by atoms with van der Waals surface area (Å²) in [6.45, 7) is 10.0. The van der Waals surface area contributed by atoms with Crippen molar-refractivity contribution in [1.82, 2.24) is 15.1 Å². The summed E-state index contributed by atoms with van der Waals surface area (Å²) in [5.41, 5.74) is 2.29. The first-order chi connectivity index (χ1) is 10.2. The minimum absolute atomic E-state index is 0.122. The molecule has 0 saturated heterocycles. The lowest BCUT2D eigenvalue weighted by Gasteiger charge is -2.21. The predicted octanol–water partition coefficient (Wildman–Crippen LogP) is 4.09. The van der Waals surface area contributed by atoms with Gasteiger partial charge in [0.25, 0.3) is 5.91 Å². The van der Waals surface area contributed by atoms with E-state index in [0.717, 1.165) is 11.3 Å².